The lowest BCUT2D eigenvalue weighted by Gasteiger charge is -2.35. The van der Waals surface area contributed by atoms with Gasteiger partial charge in [-0.05, 0) is 23.7 Å². The monoisotopic (exact) mass is 382 g/mol. The van der Waals surface area contributed by atoms with Crippen molar-refractivity contribution in [2.45, 2.75) is 29.5 Å². The first-order chi connectivity index (χ1) is 12.2. The van der Waals surface area contributed by atoms with Gasteiger partial charge in [-0.2, -0.15) is 13.2 Å². The summed E-state index contributed by atoms with van der Waals surface area (Å²) in [4.78, 5) is 25.2. The molecule has 0 saturated carbocycles. The minimum Gasteiger partial charge on any atom is -0.480 e. The largest absolute Gasteiger partial charge is 0.480 e. The summed E-state index contributed by atoms with van der Waals surface area (Å²) in [7, 11) is 0. The van der Waals surface area contributed by atoms with Crippen molar-refractivity contribution in [3.8, 4) is 0 Å². The van der Waals surface area contributed by atoms with Crippen molar-refractivity contribution in [1.82, 2.24) is 0 Å². The fourth-order valence-electron chi connectivity index (χ4n) is 3.00. The van der Waals surface area contributed by atoms with E-state index < -0.39 is 39.7 Å². The second-order valence-corrected chi connectivity index (χ2v) is 6.97. The summed E-state index contributed by atoms with van der Waals surface area (Å²) >= 11 is -0.761. The first-order valence-corrected chi connectivity index (χ1v) is 8.69. The zero-order chi connectivity index (χ0) is 19.4. The lowest BCUT2D eigenvalue weighted by Crippen LogP contribution is -2.50. The lowest BCUT2D eigenvalue weighted by atomic mass is 9.78. The first-order valence-electron chi connectivity index (χ1n) is 7.87. The molecule has 7 heteroatoms. The quantitative estimate of drug-likeness (QED) is 0.532. The Hall–Kier alpha value is -2.28. The van der Waals surface area contributed by atoms with Crippen molar-refractivity contribution in [2.75, 3.05) is 0 Å². The Labute approximate surface area is 153 Å². The van der Waals surface area contributed by atoms with Crippen molar-refractivity contribution in [3.63, 3.8) is 0 Å². The molecule has 1 N–H and O–H groups in total. The van der Waals surface area contributed by atoms with Crippen molar-refractivity contribution >= 4 is 23.5 Å². The van der Waals surface area contributed by atoms with Crippen LogP contribution >= 0.6 is 11.8 Å². The van der Waals surface area contributed by atoms with Gasteiger partial charge in [0.05, 0.1) is 0 Å². The Morgan fingerprint density at radius 2 is 1.50 bits per heavy atom. The van der Waals surface area contributed by atoms with Crippen molar-refractivity contribution in [1.29, 1.82) is 0 Å². The first kappa shape index (κ1) is 20.0. The number of benzene rings is 2. The highest BCUT2D eigenvalue weighted by Crippen LogP contribution is 2.51. The summed E-state index contributed by atoms with van der Waals surface area (Å²) in [6, 6.07) is 15.2. The van der Waals surface area contributed by atoms with E-state index in [1.807, 2.05) is 0 Å². The zero-order valence-corrected chi connectivity index (χ0v) is 14.7. The molecule has 0 amide bonds. The van der Waals surface area contributed by atoms with E-state index in [4.69, 9.17) is 0 Å². The number of thioether (sulfide) groups is 1. The molecule has 0 heterocycles. The predicted molar refractivity (Wildman–Crippen MR) is 94.3 cm³/mol. The number of hydrogen-bond acceptors (Lipinski definition) is 3. The number of carbonyl (C=O) groups is 2. The van der Waals surface area contributed by atoms with E-state index in [1.165, 1.54) is 24.3 Å². The van der Waals surface area contributed by atoms with Crippen LogP contribution in [0.2, 0.25) is 0 Å². The van der Waals surface area contributed by atoms with E-state index in [-0.39, 0.29) is 12.0 Å². The van der Waals surface area contributed by atoms with Crippen LogP contribution in [0.15, 0.2) is 60.7 Å². The average Bonchev–Trinajstić information content (AvgIpc) is 2.61. The van der Waals surface area contributed by atoms with Crippen LogP contribution < -0.4 is 0 Å². The third-order valence-electron chi connectivity index (χ3n) is 4.07. The minimum absolute atomic E-state index is 0.0535. The number of aliphatic carboxylic acids is 1. The average molecular weight is 382 g/mol. The number of carboxylic acids is 1. The summed E-state index contributed by atoms with van der Waals surface area (Å²) in [5.74, 6) is -4.02. The number of rotatable bonds is 7. The van der Waals surface area contributed by atoms with Crippen LogP contribution in [0, 0.1) is 0 Å². The number of alkyl halides is 3. The van der Waals surface area contributed by atoms with Gasteiger partial charge in [-0.15, -0.1) is 0 Å². The van der Waals surface area contributed by atoms with Gasteiger partial charge in [0, 0.05) is 11.5 Å². The molecule has 2 atom stereocenters. The van der Waals surface area contributed by atoms with Crippen LogP contribution in [0.4, 0.5) is 13.2 Å². The summed E-state index contributed by atoms with van der Waals surface area (Å²) in [5, 5.41) is 9.84. The minimum atomic E-state index is -4.90. The molecule has 0 fully saturated rings. The molecule has 2 unspecified atom stereocenters. The highest BCUT2D eigenvalue weighted by Gasteiger charge is 2.59. The third-order valence-corrected chi connectivity index (χ3v) is 5.27. The lowest BCUT2D eigenvalue weighted by molar-refractivity contribution is -0.139. The maximum Gasteiger partial charge on any atom is 0.443 e. The van der Waals surface area contributed by atoms with Gasteiger partial charge in [-0.1, -0.05) is 67.6 Å². The predicted octanol–water partition coefficient (Wildman–Crippen LogP) is 5.14. The summed E-state index contributed by atoms with van der Waals surface area (Å²) in [6.07, 6.45) is 0.0535. The van der Waals surface area contributed by atoms with E-state index >= 15 is 0 Å². The molecule has 0 aliphatic carbocycles. The Morgan fingerprint density at radius 3 is 1.92 bits per heavy atom. The van der Waals surface area contributed by atoms with Gasteiger partial charge >= 0.3 is 11.5 Å². The Bertz CT molecular complexity index is 763. The third kappa shape index (κ3) is 4.09. The molecule has 0 aliphatic rings. The fraction of sp³-hybridized carbons (Fsp3) is 0.263. The molecule has 2 aromatic carbocycles. The Kier molecular flexibility index (Phi) is 6.13. The molecule has 138 valence electrons. The van der Waals surface area contributed by atoms with E-state index in [1.54, 1.807) is 43.3 Å². The van der Waals surface area contributed by atoms with Crippen LogP contribution in [-0.2, 0) is 4.79 Å². The van der Waals surface area contributed by atoms with Gasteiger partial charge in [-0.25, -0.2) is 0 Å². The maximum absolute atomic E-state index is 13.3. The normalized spacial score (nSPS) is 15.1. The van der Waals surface area contributed by atoms with Gasteiger partial charge in [-0.3, -0.25) is 9.59 Å². The molecule has 0 aliphatic heterocycles. The van der Waals surface area contributed by atoms with Gasteiger partial charge in [0.1, 0.15) is 0 Å². The smallest absolute Gasteiger partial charge is 0.443 e. The Morgan fingerprint density at radius 1 is 1.00 bits per heavy atom. The van der Waals surface area contributed by atoms with Crippen LogP contribution in [0.1, 0.15) is 35.2 Å². The van der Waals surface area contributed by atoms with Crippen LogP contribution in [-0.4, -0.2) is 27.1 Å². The van der Waals surface area contributed by atoms with Gasteiger partial charge in [0.15, 0.2) is 10.5 Å². The van der Waals surface area contributed by atoms with E-state index in [0.29, 0.717) is 5.56 Å². The number of hydrogen-bond donors (Lipinski definition) is 1. The number of halogens is 3. The molecular weight excluding hydrogens is 365 g/mol. The molecule has 2 aromatic rings. The number of ketones is 1. The molecule has 0 bridgehead atoms. The molecule has 0 radical (unpaired) electrons. The highest BCUT2D eigenvalue weighted by molar-refractivity contribution is 8.03. The van der Waals surface area contributed by atoms with Crippen molar-refractivity contribution in [2.24, 2.45) is 0 Å². The molecule has 0 saturated heterocycles. The van der Waals surface area contributed by atoms with Crippen molar-refractivity contribution < 1.29 is 27.9 Å². The second-order valence-electron chi connectivity index (χ2n) is 5.66. The van der Waals surface area contributed by atoms with Gasteiger partial charge in [0.2, 0.25) is 0 Å². The number of carboxylic acid groups (broad SMARTS) is 1. The standard InChI is InChI=1S/C19H17F3O3S/c1-2-15(13-9-5-3-6-10-13)18(17(24)25,26-19(20,21)22)16(23)14-11-7-4-8-12-14/h3-12,15H,2H2,1H3,(H,24,25). The molecule has 3 nitrogen and oxygen atoms in total. The highest BCUT2D eigenvalue weighted by atomic mass is 32.2. The van der Waals surface area contributed by atoms with E-state index in [2.05, 4.69) is 0 Å². The summed E-state index contributed by atoms with van der Waals surface area (Å²) in [6.45, 7) is 1.57. The fourth-order valence-corrected chi connectivity index (χ4v) is 4.10. The maximum atomic E-state index is 13.3. The molecule has 26 heavy (non-hydrogen) atoms. The van der Waals surface area contributed by atoms with Crippen LogP contribution in [0.5, 0.6) is 0 Å². The Balaban J connectivity index is 2.70. The van der Waals surface area contributed by atoms with Crippen LogP contribution in [0.3, 0.4) is 0 Å². The second kappa shape index (κ2) is 7.95. The number of carbonyl (C=O) groups excluding carboxylic acids is 1. The van der Waals surface area contributed by atoms with E-state index in [9.17, 15) is 27.9 Å². The molecule has 0 aromatic heterocycles. The molecule has 0 spiro atoms. The topological polar surface area (TPSA) is 54.4 Å². The zero-order valence-electron chi connectivity index (χ0n) is 13.9. The molecular formula is C19H17F3O3S. The summed E-state index contributed by atoms with van der Waals surface area (Å²) in [5.41, 5.74) is -4.59. The van der Waals surface area contributed by atoms with Gasteiger partial charge in [0.25, 0.3) is 0 Å². The summed E-state index contributed by atoms with van der Waals surface area (Å²) < 4.78 is 37.3. The van der Waals surface area contributed by atoms with Crippen LogP contribution in [0.25, 0.3) is 0 Å². The number of Topliss-reactive ketones (excluding diaryl/α,β-unsaturated/α-hetero) is 1. The molecule has 2 rings (SSSR count). The SMILES string of the molecule is CCC(c1ccccc1)C(SC(F)(F)F)(C(=O)O)C(=O)c1ccccc1. The van der Waals surface area contributed by atoms with Crippen molar-refractivity contribution in [3.05, 3.63) is 71.8 Å². The van der Waals surface area contributed by atoms with Gasteiger partial charge < -0.3 is 5.11 Å². The van der Waals surface area contributed by atoms with E-state index in [0.717, 1.165) is 0 Å².